The van der Waals surface area contributed by atoms with Crippen LogP contribution >= 0.6 is 15.9 Å². The Morgan fingerprint density at radius 3 is 2.36 bits per heavy atom. The molecule has 66 valence electrons. The van der Waals surface area contributed by atoms with Gasteiger partial charge >= 0.3 is 0 Å². The zero-order valence-corrected chi connectivity index (χ0v) is 8.70. The molecular formula is C9H18BrN. The maximum Gasteiger partial charge on any atom is 0.0630 e. The average Bonchev–Trinajstić information content (AvgIpc) is 2.03. The fourth-order valence-electron chi connectivity index (χ4n) is 1.52. The lowest BCUT2D eigenvalue weighted by Gasteiger charge is -2.13. The van der Waals surface area contributed by atoms with Gasteiger partial charge in [-0.2, -0.15) is 0 Å². The van der Waals surface area contributed by atoms with Crippen LogP contribution in [0.15, 0.2) is 0 Å². The molecule has 1 N–H and O–H groups in total. The van der Waals surface area contributed by atoms with E-state index in [-0.39, 0.29) is 0 Å². The summed E-state index contributed by atoms with van der Waals surface area (Å²) in [6.07, 6.45) is 9.73. The number of halogens is 1. The van der Waals surface area contributed by atoms with Gasteiger partial charge in [0.15, 0.2) is 0 Å². The minimum atomic E-state index is 0.570. The third-order valence-electron chi connectivity index (χ3n) is 2.25. The topological polar surface area (TPSA) is 12.0 Å². The maximum absolute atomic E-state index is 3.62. The summed E-state index contributed by atoms with van der Waals surface area (Å²) >= 11 is 3.62. The van der Waals surface area contributed by atoms with Crippen LogP contribution in [-0.2, 0) is 0 Å². The fourth-order valence-corrected chi connectivity index (χ4v) is 2.07. The number of alkyl halides is 1. The Labute approximate surface area is 78.1 Å². The third kappa shape index (κ3) is 4.81. The van der Waals surface area contributed by atoms with Gasteiger partial charge in [-0.3, -0.25) is 0 Å². The van der Waals surface area contributed by atoms with Gasteiger partial charge < -0.3 is 5.32 Å². The minimum absolute atomic E-state index is 0.570. The lowest BCUT2D eigenvalue weighted by Crippen LogP contribution is -2.24. The van der Waals surface area contributed by atoms with Crippen molar-refractivity contribution in [3.63, 3.8) is 0 Å². The van der Waals surface area contributed by atoms with Crippen LogP contribution in [0.3, 0.4) is 0 Å². The molecule has 1 rings (SSSR count). The molecule has 0 aromatic heterocycles. The van der Waals surface area contributed by atoms with Crippen LogP contribution in [-0.4, -0.2) is 11.5 Å². The van der Waals surface area contributed by atoms with Crippen molar-refractivity contribution in [1.29, 1.82) is 0 Å². The molecule has 2 heteroatoms. The summed E-state index contributed by atoms with van der Waals surface area (Å²) in [5.74, 6) is 0. The second kappa shape index (κ2) is 6.01. The van der Waals surface area contributed by atoms with Gasteiger partial charge in [0.25, 0.3) is 0 Å². The summed E-state index contributed by atoms with van der Waals surface area (Å²) in [5, 5.41) is 3.47. The van der Waals surface area contributed by atoms with E-state index in [2.05, 4.69) is 21.2 Å². The van der Waals surface area contributed by atoms with Gasteiger partial charge in [-0.1, -0.05) is 48.0 Å². The van der Waals surface area contributed by atoms with Crippen LogP contribution in [0.2, 0.25) is 0 Å². The van der Waals surface area contributed by atoms with E-state index in [0.717, 1.165) is 0 Å². The van der Waals surface area contributed by atoms with E-state index >= 15 is 0 Å². The normalized spacial score (nSPS) is 29.7. The maximum atomic E-state index is 3.62. The molecule has 0 unspecified atom stereocenters. The molecule has 1 saturated heterocycles. The van der Waals surface area contributed by atoms with Crippen molar-refractivity contribution >= 4 is 15.9 Å². The van der Waals surface area contributed by atoms with Crippen molar-refractivity contribution in [2.75, 3.05) is 6.54 Å². The van der Waals surface area contributed by atoms with E-state index in [1.807, 2.05) is 0 Å². The largest absolute Gasteiger partial charge is 0.305 e. The average molecular weight is 220 g/mol. The van der Waals surface area contributed by atoms with Gasteiger partial charge in [0, 0.05) is 0 Å². The number of nitrogens with one attached hydrogen (secondary N) is 1. The van der Waals surface area contributed by atoms with Crippen molar-refractivity contribution in [3.8, 4) is 0 Å². The fraction of sp³-hybridized carbons (Fsp3) is 1.00. The second-order valence-electron chi connectivity index (χ2n) is 3.33. The molecule has 1 atom stereocenters. The summed E-state index contributed by atoms with van der Waals surface area (Å²) in [4.78, 5) is 0.570. The van der Waals surface area contributed by atoms with Gasteiger partial charge in [-0.25, -0.2) is 0 Å². The van der Waals surface area contributed by atoms with Crippen LogP contribution in [0.4, 0.5) is 0 Å². The molecular weight excluding hydrogens is 202 g/mol. The Bertz CT molecular complexity index is 85.6. The summed E-state index contributed by atoms with van der Waals surface area (Å²) in [6, 6.07) is 0. The molecule has 0 amide bonds. The molecule has 0 bridgehead atoms. The standard InChI is InChI=1S/C9H18BrN/c10-9-7-5-3-1-2-4-6-8-11-9/h9,11H,1-8H2/t9-/m0/s1. The van der Waals surface area contributed by atoms with E-state index in [1.165, 1.54) is 51.5 Å². The first-order valence-corrected chi connectivity index (χ1v) is 5.68. The predicted octanol–water partition coefficient (Wildman–Crippen LogP) is 3.04. The van der Waals surface area contributed by atoms with Crippen LogP contribution in [0.5, 0.6) is 0 Å². The monoisotopic (exact) mass is 219 g/mol. The van der Waals surface area contributed by atoms with Crippen molar-refractivity contribution in [2.45, 2.75) is 49.9 Å². The molecule has 0 radical (unpaired) electrons. The van der Waals surface area contributed by atoms with Crippen LogP contribution in [0.1, 0.15) is 44.9 Å². The molecule has 0 saturated carbocycles. The smallest absolute Gasteiger partial charge is 0.0630 e. The number of rotatable bonds is 0. The quantitative estimate of drug-likeness (QED) is 0.488. The Kier molecular flexibility index (Phi) is 5.21. The molecule has 1 aliphatic rings. The Morgan fingerprint density at radius 2 is 1.55 bits per heavy atom. The Morgan fingerprint density at radius 1 is 0.909 bits per heavy atom. The highest BCUT2D eigenvalue weighted by atomic mass is 79.9. The van der Waals surface area contributed by atoms with E-state index in [0.29, 0.717) is 4.95 Å². The number of hydrogen-bond acceptors (Lipinski definition) is 1. The molecule has 0 aromatic rings. The second-order valence-corrected chi connectivity index (χ2v) is 4.44. The van der Waals surface area contributed by atoms with Gasteiger partial charge in [0.2, 0.25) is 0 Å². The van der Waals surface area contributed by atoms with Crippen LogP contribution in [0.25, 0.3) is 0 Å². The Hall–Kier alpha value is 0.440. The first-order valence-electron chi connectivity index (χ1n) is 4.77. The Balaban J connectivity index is 2.12. The summed E-state index contributed by atoms with van der Waals surface area (Å²) in [6.45, 7) is 1.19. The first-order chi connectivity index (χ1) is 5.39. The lowest BCUT2D eigenvalue weighted by atomic mass is 10.1. The zero-order chi connectivity index (χ0) is 7.94. The molecule has 0 aliphatic carbocycles. The van der Waals surface area contributed by atoms with Crippen molar-refractivity contribution in [3.05, 3.63) is 0 Å². The van der Waals surface area contributed by atoms with Gasteiger partial charge in [0.05, 0.1) is 4.95 Å². The zero-order valence-electron chi connectivity index (χ0n) is 7.11. The highest BCUT2D eigenvalue weighted by molar-refractivity contribution is 9.09. The molecule has 1 nitrogen and oxygen atoms in total. The molecule has 0 spiro atoms. The first kappa shape index (κ1) is 9.53. The van der Waals surface area contributed by atoms with Gasteiger partial charge in [0.1, 0.15) is 0 Å². The van der Waals surface area contributed by atoms with E-state index in [9.17, 15) is 0 Å². The summed E-state index contributed by atoms with van der Waals surface area (Å²) in [7, 11) is 0. The molecule has 1 fully saturated rings. The van der Waals surface area contributed by atoms with Crippen LogP contribution < -0.4 is 5.32 Å². The predicted molar refractivity (Wildman–Crippen MR) is 53.0 cm³/mol. The van der Waals surface area contributed by atoms with Crippen molar-refractivity contribution in [1.82, 2.24) is 5.32 Å². The molecule has 1 aliphatic heterocycles. The van der Waals surface area contributed by atoms with Gasteiger partial charge in [-0.15, -0.1) is 0 Å². The minimum Gasteiger partial charge on any atom is -0.305 e. The highest BCUT2D eigenvalue weighted by Crippen LogP contribution is 2.13. The van der Waals surface area contributed by atoms with Crippen LogP contribution in [0, 0.1) is 0 Å². The van der Waals surface area contributed by atoms with E-state index in [1.54, 1.807) is 0 Å². The van der Waals surface area contributed by atoms with E-state index < -0.39 is 0 Å². The molecule has 0 aromatic carbocycles. The summed E-state index contributed by atoms with van der Waals surface area (Å²) < 4.78 is 0. The molecule has 11 heavy (non-hydrogen) atoms. The van der Waals surface area contributed by atoms with Crippen molar-refractivity contribution in [2.24, 2.45) is 0 Å². The van der Waals surface area contributed by atoms with Crippen molar-refractivity contribution < 1.29 is 0 Å². The third-order valence-corrected chi connectivity index (χ3v) is 3.03. The van der Waals surface area contributed by atoms with Gasteiger partial charge in [-0.05, 0) is 19.4 Å². The molecule has 1 heterocycles. The number of hydrogen-bond donors (Lipinski definition) is 1. The lowest BCUT2D eigenvalue weighted by molar-refractivity contribution is 0.500. The SMILES string of the molecule is Br[C@@H]1CCCCCCCCN1. The summed E-state index contributed by atoms with van der Waals surface area (Å²) in [5.41, 5.74) is 0. The van der Waals surface area contributed by atoms with E-state index in [4.69, 9.17) is 0 Å². The highest BCUT2D eigenvalue weighted by Gasteiger charge is 2.03.